The fourth-order valence-electron chi connectivity index (χ4n) is 0.858. The predicted octanol–water partition coefficient (Wildman–Crippen LogP) is 2.35. The van der Waals surface area contributed by atoms with Gasteiger partial charge in [0.15, 0.2) is 0 Å². The third kappa shape index (κ3) is 2.43. The molecule has 11 heavy (non-hydrogen) atoms. The van der Waals surface area contributed by atoms with Gasteiger partial charge >= 0.3 is 0 Å². The van der Waals surface area contributed by atoms with E-state index in [1.807, 2.05) is 0 Å². The second-order valence-corrected chi connectivity index (χ2v) is 2.30. The highest BCUT2D eigenvalue weighted by Crippen LogP contribution is 2.04. The zero-order chi connectivity index (χ0) is 8.10. The van der Waals surface area contributed by atoms with Gasteiger partial charge in [-0.2, -0.15) is 0 Å². The van der Waals surface area contributed by atoms with E-state index in [1.165, 1.54) is 12.1 Å². The first-order chi connectivity index (χ1) is 5.33. The van der Waals surface area contributed by atoms with Gasteiger partial charge in [0.25, 0.3) is 0 Å². The highest BCUT2D eigenvalue weighted by Gasteiger charge is 1.91. The summed E-state index contributed by atoms with van der Waals surface area (Å²) in [4.78, 5) is 0. The van der Waals surface area contributed by atoms with Crippen molar-refractivity contribution in [3.63, 3.8) is 0 Å². The van der Waals surface area contributed by atoms with Crippen molar-refractivity contribution in [2.45, 2.75) is 12.8 Å². The molecule has 0 nitrogen and oxygen atoms in total. The van der Waals surface area contributed by atoms with Crippen LogP contribution in [0, 0.1) is 18.2 Å². The first kappa shape index (κ1) is 7.81. The molecule has 1 aromatic carbocycles. The van der Waals surface area contributed by atoms with Gasteiger partial charge in [-0.05, 0) is 30.5 Å². The van der Waals surface area contributed by atoms with Crippen LogP contribution in [0.5, 0.6) is 0 Å². The summed E-state index contributed by atoms with van der Waals surface area (Å²) in [6.45, 7) is 0. The first-order valence-corrected chi connectivity index (χ1v) is 3.47. The maximum Gasteiger partial charge on any atom is 0.123 e. The minimum Gasteiger partial charge on any atom is -0.207 e. The fourth-order valence-corrected chi connectivity index (χ4v) is 0.858. The summed E-state index contributed by atoms with van der Waals surface area (Å²) in [7, 11) is 0. The molecule has 0 aliphatic carbocycles. The van der Waals surface area contributed by atoms with Crippen molar-refractivity contribution in [3.05, 3.63) is 42.1 Å². The standard InChI is InChI=1S/C10H8F/c1-2-3-4-9-5-7-10(11)8-6-9/h5-8H,3-4H2. The Morgan fingerprint density at radius 2 is 1.91 bits per heavy atom. The van der Waals surface area contributed by atoms with Crippen LogP contribution in [0.2, 0.25) is 0 Å². The van der Waals surface area contributed by atoms with Crippen molar-refractivity contribution in [2.24, 2.45) is 0 Å². The molecule has 1 radical (unpaired) electrons. The smallest absolute Gasteiger partial charge is 0.123 e. The lowest BCUT2D eigenvalue weighted by Gasteiger charge is -1.95. The van der Waals surface area contributed by atoms with Crippen molar-refractivity contribution in [1.82, 2.24) is 0 Å². The van der Waals surface area contributed by atoms with Crippen LogP contribution in [-0.2, 0) is 6.42 Å². The molecule has 0 heterocycles. The molecule has 0 bridgehead atoms. The van der Waals surface area contributed by atoms with Crippen LogP contribution < -0.4 is 0 Å². The first-order valence-electron chi connectivity index (χ1n) is 3.47. The molecule has 1 aromatic rings. The van der Waals surface area contributed by atoms with Gasteiger partial charge in [-0.25, -0.2) is 4.39 Å². The van der Waals surface area contributed by atoms with E-state index in [2.05, 4.69) is 5.92 Å². The zero-order valence-corrected chi connectivity index (χ0v) is 6.10. The van der Waals surface area contributed by atoms with Gasteiger partial charge in [-0.3, -0.25) is 0 Å². The van der Waals surface area contributed by atoms with E-state index < -0.39 is 0 Å². The number of aryl methyl sites for hydroxylation is 1. The van der Waals surface area contributed by atoms with Crippen LogP contribution in [0.25, 0.3) is 0 Å². The van der Waals surface area contributed by atoms with E-state index in [9.17, 15) is 4.39 Å². The normalized spacial score (nSPS) is 9.09. The second-order valence-electron chi connectivity index (χ2n) is 2.30. The SMILES string of the molecule is [C]#CCCc1ccc(F)cc1. The van der Waals surface area contributed by atoms with E-state index in [-0.39, 0.29) is 5.82 Å². The molecule has 0 unspecified atom stereocenters. The summed E-state index contributed by atoms with van der Waals surface area (Å²) in [5.74, 6) is 2.07. The monoisotopic (exact) mass is 147 g/mol. The molecule has 0 aliphatic heterocycles. The number of benzene rings is 1. The molecule has 55 valence electrons. The summed E-state index contributed by atoms with van der Waals surface area (Å²) < 4.78 is 12.4. The Morgan fingerprint density at radius 1 is 1.27 bits per heavy atom. The molecular weight excluding hydrogens is 139 g/mol. The summed E-state index contributed by atoms with van der Waals surface area (Å²) >= 11 is 0. The molecule has 0 saturated heterocycles. The lowest BCUT2D eigenvalue weighted by molar-refractivity contribution is 0.627. The van der Waals surface area contributed by atoms with Crippen molar-refractivity contribution in [2.75, 3.05) is 0 Å². The summed E-state index contributed by atoms with van der Waals surface area (Å²) in [6.07, 6.45) is 8.04. The Labute approximate surface area is 66.1 Å². The molecule has 0 amide bonds. The van der Waals surface area contributed by atoms with Gasteiger partial charge in [-0.1, -0.05) is 18.1 Å². The largest absolute Gasteiger partial charge is 0.207 e. The third-order valence-corrected chi connectivity index (χ3v) is 1.45. The van der Waals surface area contributed by atoms with Gasteiger partial charge in [0.2, 0.25) is 0 Å². The summed E-state index contributed by atoms with van der Waals surface area (Å²) in [5, 5.41) is 0. The highest BCUT2D eigenvalue weighted by molar-refractivity contribution is 5.16. The van der Waals surface area contributed by atoms with Crippen molar-refractivity contribution in [3.8, 4) is 5.92 Å². The molecule has 0 fully saturated rings. The van der Waals surface area contributed by atoms with Gasteiger partial charge in [0.1, 0.15) is 5.82 Å². The molecule has 0 aliphatic rings. The molecule has 0 atom stereocenters. The van der Waals surface area contributed by atoms with Crippen LogP contribution >= 0.6 is 0 Å². The van der Waals surface area contributed by atoms with Crippen molar-refractivity contribution >= 4 is 0 Å². The minimum absolute atomic E-state index is 0.215. The number of halogens is 1. The average Bonchev–Trinajstić information content (AvgIpc) is 2.04. The quantitative estimate of drug-likeness (QED) is 0.563. The number of hydrogen-bond donors (Lipinski definition) is 0. The molecular formula is C10H8F. The van der Waals surface area contributed by atoms with E-state index >= 15 is 0 Å². The molecule has 0 saturated carbocycles. The van der Waals surface area contributed by atoms with Crippen LogP contribution in [-0.4, -0.2) is 0 Å². The van der Waals surface area contributed by atoms with E-state index in [0.717, 1.165) is 12.0 Å². The van der Waals surface area contributed by atoms with Crippen molar-refractivity contribution in [1.29, 1.82) is 0 Å². The number of rotatable bonds is 2. The summed E-state index contributed by atoms with van der Waals surface area (Å²) in [6, 6.07) is 6.32. The lowest BCUT2D eigenvalue weighted by atomic mass is 10.1. The van der Waals surface area contributed by atoms with Crippen LogP contribution in [0.1, 0.15) is 12.0 Å². The predicted molar refractivity (Wildman–Crippen MR) is 41.9 cm³/mol. The number of hydrogen-bond acceptors (Lipinski definition) is 0. The third-order valence-electron chi connectivity index (χ3n) is 1.45. The molecule has 0 N–H and O–H groups in total. The van der Waals surface area contributed by atoms with Crippen LogP contribution in [0.3, 0.4) is 0 Å². The Hall–Kier alpha value is -1.29. The van der Waals surface area contributed by atoms with Crippen LogP contribution in [0.4, 0.5) is 4.39 Å². The van der Waals surface area contributed by atoms with E-state index in [1.54, 1.807) is 12.1 Å². The molecule has 0 spiro atoms. The van der Waals surface area contributed by atoms with Gasteiger partial charge in [0.05, 0.1) is 0 Å². The zero-order valence-electron chi connectivity index (χ0n) is 6.10. The Morgan fingerprint density at radius 3 is 2.45 bits per heavy atom. The molecule has 0 aromatic heterocycles. The van der Waals surface area contributed by atoms with Gasteiger partial charge in [0, 0.05) is 6.42 Å². The Kier molecular flexibility index (Phi) is 2.68. The fraction of sp³-hybridized carbons (Fsp3) is 0.200. The molecule has 1 rings (SSSR count). The van der Waals surface area contributed by atoms with Gasteiger partial charge in [-0.15, -0.1) is 0 Å². The maximum absolute atomic E-state index is 12.4. The Balaban J connectivity index is 2.60. The average molecular weight is 147 g/mol. The Bertz CT molecular complexity index is 253. The topological polar surface area (TPSA) is 0 Å². The minimum atomic E-state index is -0.215. The molecule has 1 heteroatoms. The van der Waals surface area contributed by atoms with E-state index in [0.29, 0.717) is 6.42 Å². The lowest BCUT2D eigenvalue weighted by Crippen LogP contribution is -1.83. The maximum atomic E-state index is 12.4. The highest BCUT2D eigenvalue weighted by atomic mass is 19.1. The van der Waals surface area contributed by atoms with Crippen LogP contribution in [0.15, 0.2) is 24.3 Å². The van der Waals surface area contributed by atoms with Crippen molar-refractivity contribution < 1.29 is 4.39 Å². The van der Waals surface area contributed by atoms with E-state index in [4.69, 9.17) is 6.42 Å². The second kappa shape index (κ2) is 3.78. The summed E-state index contributed by atoms with van der Waals surface area (Å²) in [5.41, 5.74) is 1.05. The van der Waals surface area contributed by atoms with Gasteiger partial charge < -0.3 is 0 Å².